The number of esters is 1. The Labute approximate surface area is 81.8 Å². The van der Waals surface area contributed by atoms with Gasteiger partial charge in [-0.2, -0.15) is 0 Å². The van der Waals surface area contributed by atoms with E-state index in [-0.39, 0.29) is 0 Å². The second-order valence-corrected chi connectivity index (χ2v) is 2.82. The minimum absolute atomic E-state index is 0.315. The first kappa shape index (κ1) is 10.2. The van der Waals surface area contributed by atoms with Crippen LogP contribution >= 0.6 is 0 Å². The number of carbonyl (C=O) groups is 1. The maximum Gasteiger partial charge on any atom is 0.358 e. The lowest BCUT2D eigenvalue weighted by molar-refractivity contribution is -0.134. The Kier molecular flexibility index (Phi) is 3.22. The van der Waals surface area contributed by atoms with Gasteiger partial charge in [0.2, 0.25) is 0 Å². The van der Waals surface area contributed by atoms with E-state index < -0.39 is 5.97 Å². The van der Waals surface area contributed by atoms with Gasteiger partial charge in [0.05, 0.1) is 19.5 Å². The molecule has 0 spiro atoms. The van der Waals surface area contributed by atoms with Crippen LogP contribution in [0.25, 0.3) is 5.70 Å². The third-order valence-corrected chi connectivity index (χ3v) is 1.44. The molecule has 0 aliphatic heterocycles. The molecule has 0 saturated heterocycles. The lowest BCUT2D eigenvalue weighted by atomic mass is 10.4. The monoisotopic (exact) mass is 196 g/mol. The summed E-state index contributed by atoms with van der Waals surface area (Å²) in [5.74, 6) is -0.454. The zero-order valence-electron chi connectivity index (χ0n) is 8.34. The van der Waals surface area contributed by atoms with Gasteiger partial charge in [-0.05, 0) is 0 Å². The maximum absolute atomic E-state index is 11.3. The third kappa shape index (κ3) is 2.32. The van der Waals surface area contributed by atoms with Crippen molar-refractivity contribution >= 4 is 11.7 Å². The predicted octanol–water partition coefficient (Wildman–Crippen LogP) is -0.189. The van der Waals surface area contributed by atoms with Crippen molar-refractivity contribution in [1.29, 1.82) is 0 Å². The number of carbonyl (C=O) groups excluding carboxylic acids is 1. The highest BCUT2D eigenvalue weighted by molar-refractivity contribution is 6.09. The summed E-state index contributed by atoms with van der Waals surface area (Å²) in [7, 11) is 4.93. The van der Waals surface area contributed by atoms with Crippen LogP contribution in [0.5, 0.6) is 0 Å². The van der Waals surface area contributed by atoms with Crippen LogP contribution in [-0.4, -0.2) is 47.1 Å². The van der Waals surface area contributed by atoms with Crippen LogP contribution in [0.15, 0.2) is 18.6 Å². The molecule has 14 heavy (non-hydrogen) atoms. The highest BCUT2D eigenvalue weighted by atomic mass is 16.5. The fourth-order valence-electron chi connectivity index (χ4n) is 0.891. The standard InChI is InChI=1S/C8H12N4O2/c1-11(2)6-7(8(13)14-3)12-5-4-9-10-12/h4-6H,1-3H3/b7-6+. The second kappa shape index (κ2) is 4.40. The van der Waals surface area contributed by atoms with Crippen LogP contribution in [0.2, 0.25) is 0 Å². The molecule has 0 amide bonds. The van der Waals surface area contributed by atoms with Gasteiger partial charge in [-0.15, -0.1) is 5.10 Å². The molecule has 0 atom stereocenters. The van der Waals surface area contributed by atoms with Crippen molar-refractivity contribution in [3.63, 3.8) is 0 Å². The van der Waals surface area contributed by atoms with Crippen molar-refractivity contribution < 1.29 is 9.53 Å². The van der Waals surface area contributed by atoms with E-state index in [2.05, 4.69) is 15.0 Å². The number of methoxy groups -OCH3 is 1. The van der Waals surface area contributed by atoms with E-state index >= 15 is 0 Å². The van der Waals surface area contributed by atoms with Crippen molar-refractivity contribution in [3.05, 3.63) is 18.6 Å². The zero-order valence-corrected chi connectivity index (χ0v) is 8.34. The minimum atomic E-state index is -0.454. The van der Waals surface area contributed by atoms with Crippen molar-refractivity contribution in [1.82, 2.24) is 19.9 Å². The van der Waals surface area contributed by atoms with Gasteiger partial charge in [0, 0.05) is 20.3 Å². The molecule has 6 nitrogen and oxygen atoms in total. The molecule has 1 rings (SSSR count). The number of ether oxygens (including phenoxy) is 1. The van der Waals surface area contributed by atoms with E-state index in [1.54, 1.807) is 31.4 Å². The van der Waals surface area contributed by atoms with Gasteiger partial charge < -0.3 is 9.64 Å². The fraction of sp³-hybridized carbons (Fsp3) is 0.375. The molecule has 6 heteroatoms. The van der Waals surface area contributed by atoms with Gasteiger partial charge in [0.25, 0.3) is 0 Å². The molecular weight excluding hydrogens is 184 g/mol. The van der Waals surface area contributed by atoms with E-state index in [0.717, 1.165) is 0 Å². The molecule has 76 valence electrons. The normalized spacial score (nSPS) is 11.2. The lowest BCUT2D eigenvalue weighted by Crippen LogP contribution is -2.15. The van der Waals surface area contributed by atoms with Crippen molar-refractivity contribution in [3.8, 4) is 0 Å². The molecule has 0 aromatic carbocycles. The Bertz CT molecular complexity index is 329. The van der Waals surface area contributed by atoms with Gasteiger partial charge in [-0.25, -0.2) is 9.48 Å². The van der Waals surface area contributed by atoms with Crippen molar-refractivity contribution in [2.45, 2.75) is 0 Å². The fourth-order valence-corrected chi connectivity index (χ4v) is 0.891. The molecule has 0 N–H and O–H groups in total. The summed E-state index contributed by atoms with van der Waals surface area (Å²) >= 11 is 0. The summed E-state index contributed by atoms with van der Waals surface area (Å²) in [4.78, 5) is 13.1. The molecule has 0 aliphatic rings. The van der Waals surface area contributed by atoms with E-state index in [1.807, 2.05) is 0 Å². The molecule has 1 aromatic heterocycles. The van der Waals surface area contributed by atoms with E-state index in [0.29, 0.717) is 5.70 Å². The zero-order chi connectivity index (χ0) is 10.6. The van der Waals surface area contributed by atoms with E-state index in [4.69, 9.17) is 0 Å². The topological polar surface area (TPSA) is 60.2 Å². The molecule has 0 radical (unpaired) electrons. The average molecular weight is 196 g/mol. The minimum Gasteiger partial charge on any atom is -0.464 e. The lowest BCUT2D eigenvalue weighted by Gasteiger charge is -2.09. The smallest absolute Gasteiger partial charge is 0.358 e. The largest absolute Gasteiger partial charge is 0.464 e. The van der Waals surface area contributed by atoms with Crippen molar-refractivity contribution in [2.24, 2.45) is 0 Å². The molecule has 1 heterocycles. The Morgan fingerprint density at radius 2 is 2.29 bits per heavy atom. The first-order valence-electron chi connectivity index (χ1n) is 3.98. The number of aromatic nitrogens is 3. The SMILES string of the molecule is COC(=O)/C(=C\N(C)C)n1ccnn1. The summed E-state index contributed by atoms with van der Waals surface area (Å²) in [6, 6.07) is 0. The third-order valence-electron chi connectivity index (χ3n) is 1.44. The summed E-state index contributed by atoms with van der Waals surface area (Å²) in [6.07, 6.45) is 4.68. The van der Waals surface area contributed by atoms with Crippen LogP contribution in [0.1, 0.15) is 0 Å². The first-order valence-corrected chi connectivity index (χ1v) is 3.98. The highest BCUT2D eigenvalue weighted by Gasteiger charge is 2.12. The molecule has 1 aromatic rings. The molecule has 0 fully saturated rings. The van der Waals surface area contributed by atoms with Crippen LogP contribution in [0.4, 0.5) is 0 Å². The molecular formula is C8H12N4O2. The van der Waals surface area contributed by atoms with Crippen LogP contribution in [-0.2, 0) is 9.53 Å². The van der Waals surface area contributed by atoms with Gasteiger partial charge in [-0.3, -0.25) is 0 Å². The molecule has 0 unspecified atom stereocenters. The van der Waals surface area contributed by atoms with Crippen LogP contribution in [0, 0.1) is 0 Å². The summed E-state index contributed by atoms with van der Waals surface area (Å²) in [5, 5.41) is 7.32. The summed E-state index contributed by atoms with van der Waals surface area (Å²) in [6.45, 7) is 0. The summed E-state index contributed by atoms with van der Waals surface area (Å²) < 4.78 is 5.97. The summed E-state index contributed by atoms with van der Waals surface area (Å²) in [5.41, 5.74) is 0.315. The highest BCUT2D eigenvalue weighted by Crippen LogP contribution is 2.04. The van der Waals surface area contributed by atoms with E-state index in [1.165, 1.54) is 18.0 Å². The Hall–Kier alpha value is -1.85. The maximum atomic E-state index is 11.3. The second-order valence-electron chi connectivity index (χ2n) is 2.82. The van der Waals surface area contributed by atoms with Crippen LogP contribution < -0.4 is 0 Å². The first-order chi connectivity index (χ1) is 6.65. The Morgan fingerprint density at radius 3 is 2.71 bits per heavy atom. The van der Waals surface area contributed by atoms with Crippen molar-refractivity contribution in [2.75, 3.05) is 21.2 Å². The molecule has 0 saturated carbocycles. The molecule has 0 bridgehead atoms. The Balaban J connectivity index is 3.00. The van der Waals surface area contributed by atoms with Crippen LogP contribution in [0.3, 0.4) is 0 Å². The average Bonchev–Trinajstić information content (AvgIpc) is 2.65. The van der Waals surface area contributed by atoms with Gasteiger partial charge in [0.1, 0.15) is 0 Å². The van der Waals surface area contributed by atoms with Gasteiger partial charge >= 0.3 is 5.97 Å². The quantitative estimate of drug-likeness (QED) is 0.495. The molecule has 0 aliphatic carbocycles. The number of hydrogen-bond acceptors (Lipinski definition) is 5. The van der Waals surface area contributed by atoms with Gasteiger partial charge in [0.15, 0.2) is 5.70 Å². The number of nitrogens with zero attached hydrogens (tertiary/aromatic N) is 4. The van der Waals surface area contributed by atoms with Gasteiger partial charge in [-0.1, -0.05) is 5.21 Å². The number of hydrogen-bond donors (Lipinski definition) is 0. The number of rotatable bonds is 3. The van der Waals surface area contributed by atoms with E-state index in [9.17, 15) is 4.79 Å². The Morgan fingerprint density at radius 1 is 1.57 bits per heavy atom. The predicted molar refractivity (Wildman–Crippen MR) is 50.0 cm³/mol.